The zero-order valence-corrected chi connectivity index (χ0v) is 8.85. The molecule has 1 rings (SSSR count). The van der Waals surface area contributed by atoms with Gasteiger partial charge in [-0.1, -0.05) is 39.0 Å². The van der Waals surface area contributed by atoms with Crippen LogP contribution < -0.4 is 0 Å². The molecule has 1 nitrogen and oxygen atoms in total. The summed E-state index contributed by atoms with van der Waals surface area (Å²) in [5.74, 6) is 0.970. The van der Waals surface area contributed by atoms with Crippen LogP contribution in [0.1, 0.15) is 64.7 Å². The van der Waals surface area contributed by atoms with Gasteiger partial charge in [0.15, 0.2) is 0 Å². The van der Waals surface area contributed by atoms with Gasteiger partial charge in [-0.05, 0) is 19.3 Å². The van der Waals surface area contributed by atoms with Gasteiger partial charge in [0.1, 0.15) is 5.78 Å². The van der Waals surface area contributed by atoms with E-state index in [-0.39, 0.29) is 0 Å². The lowest BCUT2D eigenvalue weighted by Gasteiger charge is -2.11. The van der Waals surface area contributed by atoms with E-state index in [1.807, 2.05) is 0 Å². The monoisotopic (exact) mass is 182 g/mol. The van der Waals surface area contributed by atoms with Crippen LogP contribution in [0.5, 0.6) is 0 Å². The van der Waals surface area contributed by atoms with E-state index in [1.54, 1.807) is 0 Å². The standard InChI is InChI=1S/C12H22O/c1-2-3-10-12(13)11-8-6-4-5-7-9-11/h11H,2-10H2,1H3. The van der Waals surface area contributed by atoms with Crippen LogP contribution in [0.25, 0.3) is 0 Å². The number of ketones is 1. The van der Waals surface area contributed by atoms with Crippen molar-refractivity contribution in [3.63, 3.8) is 0 Å². The Balaban J connectivity index is 2.26. The van der Waals surface area contributed by atoms with Crippen molar-refractivity contribution in [3.05, 3.63) is 0 Å². The highest BCUT2D eigenvalue weighted by Gasteiger charge is 2.18. The predicted octanol–water partition coefficient (Wildman–Crippen LogP) is 3.72. The summed E-state index contributed by atoms with van der Waals surface area (Å²) in [6.45, 7) is 2.15. The molecule has 0 radical (unpaired) electrons. The Morgan fingerprint density at radius 2 is 1.77 bits per heavy atom. The average molecular weight is 182 g/mol. The first kappa shape index (κ1) is 10.7. The number of carbonyl (C=O) groups excluding carboxylic acids is 1. The fourth-order valence-corrected chi connectivity index (χ4v) is 2.16. The minimum Gasteiger partial charge on any atom is -0.299 e. The van der Waals surface area contributed by atoms with Crippen LogP contribution in [-0.4, -0.2) is 5.78 Å². The van der Waals surface area contributed by atoms with Crippen LogP contribution in [0.15, 0.2) is 0 Å². The van der Waals surface area contributed by atoms with E-state index in [1.165, 1.54) is 38.5 Å². The maximum Gasteiger partial charge on any atom is 0.135 e. The van der Waals surface area contributed by atoms with Crippen molar-refractivity contribution in [3.8, 4) is 0 Å². The van der Waals surface area contributed by atoms with Crippen molar-refractivity contribution in [2.75, 3.05) is 0 Å². The maximum absolute atomic E-state index is 11.7. The van der Waals surface area contributed by atoms with Gasteiger partial charge in [-0.15, -0.1) is 0 Å². The normalized spacial score (nSPS) is 19.8. The molecule has 0 amide bonds. The van der Waals surface area contributed by atoms with Gasteiger partial charge in [0.2, 0.25) is 0 Å². The fraction of sp³-hybridized carbons (Fsp3) is 0.917. The summed E-state index contributed by atoms with van der Waals surface area (Å²) < 4.78 is 0. The van der Waals surface area contributed by atoms with E-state index in [0.29, 0.717) is 11.7 Å². The van der Waals surface area contributed by atoms with E-state index in [4.69, 9.17) is 0 Å². The first-order valence-electron chi connectivity index (χ1n) is 5.87. The Morgan fingerprint density at radius 3 is 2.31 bits per heavy atom. The van der Waals surface area contributed by atoms with Crippen molar-refractivity contribution >= 4 is 5.78 Å². The zero-order chi connectivity index (χ0) is 9.52. The van der Waals surface area contributed by atoms with Crippen LogP contribution in [-0.2, 0) is 4.79 Å². The van der Waals surface area contributed by atoms with Gasteiger partial charge in [0.05, 0.1) is 0 Å². The van der Waals surface area contributed by atoms with Crippen molar-refractivity contribution in [1.82, 2.24) is 0 Å². The average Bonchev–Trinajstić information content (AvgIpc) is 2.42. The molecule has 0 heterocycles. The molecule has 1 fully saturated rings. The second kappa shape index (κ2) is 6.17. The fourth-order valence-electron chi connectivity index (χ4n) is 2.16. The third-order valence-corrected chi connectivity index (χ3v) is 3.09. The predicted molar refractivity (Wildman–Crippen MR) is 55.7 cm³/mol. The second-order valence-corrected chi connectivity index (χ2v) is 4.26. The molecule has 0 bridgehead atoms. The molecule has 0 aromatic rings. The smallest absolute Gasteiger partial charge is 0.135 e. The molecule has 0 aromatic heterocycles. The van der Waals surface area contributed by atoms with E-state index in [9.17, 15) is 4.79 Å². The molecule has 0 aliphatic heterocycles. The third kappa shape index (κ3) is 3.93. The van der Waals surface area contributed by atoms with Crippen molar-refractivity contribution in [2.45, 2.75) is 64.7 Å². The van der Waals surface area contributed by atoms with E-state index >= 15 is 0 Å². The van der Waals surface area contributed by atoms with Gasteiger partial charge in [0.25, 0.3) is 0 Å². The molecule has 0 N–H and O–H groups in total. The number of unbranched alkanes of at least 4 members (excludes halogenated alkanes) is 1. The first-order valence-corrected chi connectivity index (χ1v) is 5.87. The van der Waals surface area contributed by atoms with Gasteiger partial charge in [0, 0.05) is 12.3 Å². The number of rotatable bonds is 4. The Bertz CT molecular complexity index is 143. The highest BCUT2D eigenvalue weighted by atomic mass is 16.1. The summed E-state index contributed by atoms with van der Waals surface area (Å²) in [4.78, 5) is 11.7. The zero-order valence-electron chi connectivity index (χ0n) is 8.85. The number of carbonyl (C=O) groups is 1. The van der Waals surface area contributed by atoms with Gasteiger partial charge in [-0.2, -0.15) is 0 Å². The van der Waals surface area contributed by atoms with E-state index < -0.39 is 0 Å². The Morgan fingerprint density at radius 1 is 1.15 bits per heavy atom. The molecular formula is C12H22O. The molecule has 1 heteroatoms. The van der Waals surface area contributed by atoms with Crippen molar-refractivity contribution < 1.29 is 4.79 Å². The molecule has 0 spiro atoms. The number of Topliss-reactive ketones (excluding diaryl/α,β-unsaturated/α-hetero) is 1. The van der Waals surface area contributed by atoms with Gasteiger partial charge >= 0.3 is 0 Å². The summed E-state index contributed by atoms with van der Waals surface area (Å²) in [7, 11) is 0. The number of hydrogen-bond acceptors (Lipinski definition) is 1. The van der Waals surface area contributed by atoms with Crippen LogP contribution in [0, 0.1) is 5.92 Å². The molecule has 1 aliphatic carbocycles. The van der Waals surface area contributed by atoms with Gasteiger partial charge in [-0.3, -0.25) is 4.79 Å². The van der Waals surface area contributed by atoms with Gasteiger partial charge in [-0.25, -0.2) is 0 Å². The largest absolute Gasteiger partial charge is 0.299 e. The molecule has 1 aliphatic rings. The summed E-state index contributed by atoms with van der Waals surface area (Å²) in [6.07, 6.45) is 10.7. The highest BCUT2D eigenvalue weighted by Crippen LogP contribution is 2.24. The van der Waals surface area contributed by atoms with Crippen LogP contribution >= 0.6 is 0 Å². The quantitative estimate of drug-likeness (QED) is 0.606. The first-order chi connectivity index (χ1) is 6.34. The molecule has 13 heavy (non-hydrogen) atoms. The SMILES string of the molecule is CCCCC(=O)C1CCCCCC1. The third-order valence-electron chi connectivity index (χ3n) is 3.09. The van der Waals surface area contributed by atoms with Crippen molar-refractivity contribution in [2.24, 2.45) is 5.92 Å². The lowest BCUT2D eigenvalue weighted by molar-refractivity contribution is -0.123. The molecule has 76 valence electrons. The molecular weight excluding hydrogens is 160 g/mol. The summed E-state index contributed by atoms with van der Waals surface area (Å²) in [5, 5.41) is 0. The Labute approximate surface area is 81.9 Å². The molecule has 0 aromatic carbocycles. The summed E-state index contributed by atoms with van der Waals surface area (Å²) >= 11 is 0. The minimum absolute atomic E-state index is 0.425. The molecule has 0 atom stereocenters. The second-order valence-electron chi connectivity index (χ2n) is 4.26. The Kier molecular flexibility index (Phi) is 5.10. The summed E-state index contributed by atoms with van der Waals surface area (Å²) in [5.41, 5.74) is 0. The molecule has 0 unspecified atom stereocenters. The Hall–Kier alpha value is -0.330. The lowest BCUT2D eigenvalue weighted by atomic mass is 9.92. The molecule has 0 saturated heterocycles. The van der Waals surface area contributed by atoms with Crippen LogP contribution in [0.4, 0.5) is 0 Å². The van der Waals surface area contributed by atoms with Crippen LogP contribution in [0.3, 0.4) is 0 Å². The van der Waals surface area contributed by atoms with E-state index in [2.05, 4.69) is 6.92 Å². The lowest BCUT2D eigenvalue weighted by Crippen LogP contribution is -2.13. The minimum atomic E-state index is 0.425. The van der Waals surface area contributed by atoms with Crippen LogP contribution in [0.2, 0.25) is 0 Å². The maximum atomic E-state index is 11.7. The van der Waals surface area contributed by atoms with Crippen molar-refractivity contribution in [1.29, 1.82) is 0 Å². The topological polar surface area (TPSA) is 17.1 Å². The van der Waals surface area contributed by atoms with E-state index in [0.717, 1.165) is 19.3 Å². The molecule has 1 saturated carbocycles. The summed E-state index contributed by atoms with van der Waals surface area (Å²) in [6, 6.07) is 0. The number of hydrogen-bond donors (Lipinski definition) is 0. The highest BCUT2D eigenvalue weighted by molar-refractivity contribution is 5.80. The van der Waals surface area contributed by atoms with Gasteiger partial charge < -0.3 is 0 Å².